The number of para-hydroxylation sites is 1. The number of amides is 1. The minimum absolute atomic E-state index is 0.174. The molecule has 9 heteroatoms. The molecule has 0 radical (unpaired) electrons. The Morgan fingerprint density at radius 1 is 1.19 bits per heavy atom. The minimum atomic E-state index is -2.97. The van der Waals surface area contributed by atoms with Gasteiger partial charge in [0, 0.05) is 18.8 Å². The van der Waals surface area contributed by atoms with Gasteiger partial charge in [0.25, 0.3) is 6.43 Å². The van der Waals surface area contributed by atoms with Crippen LogP contribution >= 0.6 is 11.6 Å². The van der Waals surface area contributed by atoms with Crippen molar-refractivity contribution in [2.45, 2.75) is 6.43 Å². The molecule has 0 atom stereocenters. The Bertz CT molecular complexity index is 1010. The standard InChI is InChI=1S/C18H12ClF4N3O/c1-25-8-15(16(24-25)18(22)23)26(9-27)17-11(3-2-4-14(17)21)10-5-6-13(20)12(19)7-10/h2-9,18H,1H3. The van der Waals surface area contributed by atoms with E-state index in [2.05, 4.69) is 5.10 Å². The molecule has 27 heavy (non-hydrogen) atoms. The number of carbonyl (C=O) groups excluding carboxylic acids is 1. The van der Waals surface area contributed by atoms with Crippen molar-refractivity contribution in [3.63, 3.8) is 0 Å². The summed E-state index contributed by atoms with van der Waals surface area (Å²) in [6.45, 7) is 0. The first kappa shape index (κ1) is 18.9. The van der Waals surface area contributed by atoms with E-state index in [1.54, 1.807) is 0 Å². The van der Waals surface area contributed by atoms with Crippen LogP contribution in [0.5, 0.6) is 0 Å². The number of alkyl halides is 2. The monoisotopic (exact) mass is 397 g/mol. The summed E-state index contributed by atoms with van der Waals surface area (Å²) in [5, 5.41) is 3.44. The zero-order valence-electron chi connectivity index (χ0n) is 13.8. The molecule has 0 aliphatic heterocycles. The van der Waals surface area contributed by atoms with E-state index in [0.29, 0.717) is 5.56 Å². The highest BCUT2D eigenvalue weighted by atomic mass is 35.5. The third kappa shape index (κ3) is 3.52. The smallest absolute Gasteiger partial charge is 0.278 e. The molecule has 1 aromatic heterocycles. The van der Waals surface area contributed by atoms with E-state index in [1.165, 1.54) is 37.5 Å². The Labute approximate surface area is 156 Å². The Morgan fingerprint density at radius 3 is 2.56 bits per heavy atom. The van der Waals surface area contributed by atoms with Crippen molar-refractivity contribution >= 4 is 29.4 Å². The molecule has 3 rings (SSSR count). The van der Waals surface area contributed by atoms with Crippen molar-refractivity contribution in [1.29, 1.82) is 0 Å². The largest absolute Gasteiger partial charge is 0.284 e. The van der Waals surface area contributed by atoms with Gasteiger partial charge in [0.2, 0.25) is 6.41 Å². The van der Waals surface area contributed by atoms with Gasteiger partial charge in [-0.1, -0.05) is 29.8 Å². The van der Waals surface area contributed by atoms with Gasteiger partial charge >= 0.3 is 0 Å². The van der Waals surface area contributed by atoms with Crippen LogP contribution in [-0.2, 0) is 11.8 Å². The molecule has 140 valence electrons. The predicted octanol–water partition coefficient (Wildman–Crippen LogP) is 5.25. The summed E-state index contributed by atoms with van der Waals surface area (Å²) in [7, 11) is 1.40. The van der Waals surface area contributed by atoms with E-state index in [1.807, 2.05) is 0 Å². The van der Waals surface area contributed by atoms with Crippen LogP contribution in [0.2, 0.25) is 5.02 Å². The lowest BCUT2D eigenvalue weighted by Gasteiger charge is -2.21. The molecule has 0 saturated heterocycles. The van der Waals surface area contributed by atoms with Crippen molar-refractivity contribution in [2.24, 2.45) is 7.05 Å². The summed E-state index contributed by atoms with van der Waals surface area (Å²) < 4.78 is 55.8. The number of aromatic nitrogens is 2. The van der Waals surface area contributed by atoms with E-state index in [9.17, 15) is 22.4 Å². The van der Waals surface area contributed by atoms with Crippen LogP contribution in [0.25, 0.3) is 11.1 Å². The van der Waals surface area contributed by atoms with Crippen LogP contribution in [0.3, 0.4) is 0 Å². The van der Waals surface area contributed by atoms with E-state index in [4.69, 9.17) is 11.6 Å². The van der Waals surface area contributed by atoms with Crippen LogP contribution in [0.4, 0.5) is 28.9 Å². The fourth-order valence-corrected chi connectivity index (χ4v) is 2.90. The summed E-state index contributed by atoms with van der Waals surface area (Å²) in [5.41, 5.74) is -0.721. The summed E-state index contributed by atoms with van der Waals surface area (Å²) >= 11 is 5.79. The van der Waals surface area contributed by atoms with Crippen molar-refractivity contribution in [3.8, 4) is 11.1 Å². The van der Waals surface area contributed by atoms with E-state index in [-0.39, 0.29) is 28.4 Å². The molecule has 1 heterocycles. The Morgan fingerprint density at radius 2 is 1.93 bits per heavy atom. The van der Waals surface area contributed by atoms with Crippen molar-refractivity contribution in [3.05, 3.63) is 64.9 Å². The third-order valence-electron chi connectivity index (χ3n) is 3.87. The van der Waals surface area contributed by atoms with Crippen LogP contribution < -0.4 is 4.90 Å². The first-order valence-electron chi connectivity index (χ1n) is 7.63. The zero-order chi connectivity index (χ0) is 19.7. The van der Waals surface area contributed by atoms with Crippen LogP contribution in [0, 0.1) is 11.6 Å². The number of benzene rings is 2. The molecule has 1 amide bonds. The quantitative estimate of drug-likeness (QED) is 0.435. The highest BCUT2D eigenvalue weighted by Crippen LogP contribution is 2.40. The molecule has 0 N–H and O–H groups in total. The van der Waals surface area contributed by atoms with Gasteiger partial charge in [0.15, 0.2) is 5.69 Å². The molecule has 4 nitrogen and oxygen atoms in total. The Hall–Kier alpha value is -2.87. The van der Waals surface area contributed by atoms with Gasteiger partial charge in [0.05, 0.1) is 16.4 Å². The molecule has 0 aliphatic carbocycles. The summed E-state index contributed by atoms with van der Waals surface area (Å²) in [6, 6.07) is 7.63. The lowest BCUT2D eigenvalue weighted by Crippen LogP contribution is -2.18. The Balaban J connectivity index is 2.24. The molecule has 0 fully saturated rings. The molecule has 0 aliphatic rings. The lowest BCUT2D eigenvalue weighted by atomic mass is 10.0. The van der Waals surface area contributed by atoms with Gasteiger partial charge in [-0.25, -0.2) is 17.6 Å². The van der Waals surface area contributed by atoms with Gasteiger partial charge in [-0.3, -0.25) is 14.4 Å². The average molecular weight is 398 g/mol. The maximum Gasteiger partial charge on any atom is 0.284 e. The fourth-order valence-electron chi connectivity index (χ4n) is 2.72. The molecular weight excluding hydrogens is 386 g/mol. The molecular formula is C18H12ClF4N3O. The maximum absolute atomic E-state index is 14.7. The van der Waals surface area contributed by atoms with Crippen molar-refractivity contribution in [2.75, 3.05) is 4.90 Å². The second kappa shape index (κ2) is 7.40. The van der Waals surface area contributed by atoms with E-state index < -0.39 is 23.8 Å². The number of carbonyl (C=O) groups is 1. The van der Waals surface area contributed by atoms with Gasteiger partial charge in [0.1, 0.15) is 11.6 Å². The molecule has 3 aromatic rings. The lowest BCUT2D eigenvalue weighted by molar-refractivity contribution is -0.106. The first-order valence-corrected chi connectivity index (χ1v) is 8.01. The zero-order valence-corrected chi connectivity index (χ0v) is 14.6. The molecule has 2 aromatic carbocycles. The van der Waals surface area contributed by atoms with Crippen molar-refractivity contribution < 1.29 is 22.4 Å². The van der Waals surface area contributed by atoms with Gasteiger partial charge in [-0.05, 0) is 23.8 Å². The highest BCUT2D eigenvalue weighted by Gasteiger charge is 2.26. The second-order valence-corrected chi connectivity index (χ2v) is 6.02. The number of hydrogen-bond acceptors (Lipinski definition) is 2. The molecule has 0 bridgehead atoms. The predicted molar refractivity (Wildman–Crippen MR) is 93.2 cm³/mol. The topological polar surface area (TPSA) is 38.1 Å². The van der Waals surface area contributed by atoms with Crippen LogP contribution in [-0.4, -0.2) is 16.2 Å². The average Bonchev–Trinajstić information content (AvgIpc) is 3.01. The SMILES string of the molecule is Cn1cc(N(C=O)c2c(F)cccc2-c2ccc(F)c(Cl)c2)c(C(F)F)n1. The van der Waals surface area contributed by atoms with E-state index in [0.717, 1.165) is 21.7 Å². The Kier molecular flexibility index (Phi) is 5.18. The molecule has 0 saturated carbocycles. The van der Waals surface area contributed by atoms with Gasteiger partial charge in [-0.15, -0.1) is 0 Å². The number of hydrogen-bond donors (Lipinski definition) is 0. The summed E-state index contributed by atoms with van der Waals surface area (Å²) in [4.78, 5) is 12.5. The van der Waals surface area contributed by atoms with Crippen molar-refractivity contribution in [1.82, 2.24) is 9.78 Å². The highest BCUT2D eigenvalue weighted by molar-refractivity contribution is 6.31. The second-order valence-electron chi connectivity index (χ2n) is 5.61. The number of rotatable bonds is 5. The first-order chi connectivity index (χ1) is 12.8. The summed E-state index contributed by atoms with van der Waals surface area (Å²) in [5.74, 6) is -1.50. The molecule has 0 spiro atoms. The fraction of sp³-hybridized carbons (Fsp3) is 0.111. The van der Waals surface area contributed by atoms with Crippen LogP contribution in [0.1, 0.15) is 12.1 Å². The number of anilines is 2. The maximum atomic E-state index is 14.7. The van der Waals surface area contributed by atoms with Gasteiger partial charge < -0.3 is 0 Å². The summed E-state index contributed by atoms with van der Waals surface area (Å²) in [6.07, 6.45) is -1.57. The molecule has 0 unspecified atom stereocenters. The number of aryl methyl sites for hydroxylation is 1. The normalized spacial score (nSPS) is 11.1. The third-order valence-corrected chi connectivity index (χ3v) is 4.16. The van der Waals surface area contributed by atoms with E-state index >= 15 is 0 Å². The van der Waals surface area contributed by atoms with Crippen LogP contribution in [0.15, 0.2) is 42.6 Å². The minimum Gasteiger partial charge on any atom is -0.278 e. The number of nitrogens with zero attached hydrogens (tertiary/aromatic N) is 3. The number of halogens is 5. The van der Waals surface area contributed by atoms with Gasteiger partial charge in [-0.2, -0.15) is 5.10 Å².